The summed E-state index contributed by atoms with van der Waals surface area (Å²) >= 11 is 0. The lowest BCUT2D eigenvalue weighted by Gasteiger charge is -2.13. The van der Waals surface area contributed by atoms with Crippen molar-refractivity contribution >= 4 is 26.7 Å². The van der Waals surface area contributed by atoms with Gasteiger partial charge in [-0.05, 0) is 30.7 Å². The molecule has 0 amide bonds. The molecule has 1 unspecified atom stereocenters. The van der Waals surface area contributed by atoms with Crippen molar-refractivity contribution in [2.45, 2.75) is 23.5 Å². The Morgan fingerprint density at radius 1 is 1.12 bits per heavy atom. The van der Waals surface area contributed by atoms with Crippen molar-refractivity contribution in [3.05, 3.63) is 65.9 Å². The summed E-state index contributed by atoms with van der Waals surface area (Å²) in [5.74, 6) is -1.35. The second-order valence-corrected chi connectivity index (χ2v) is 7.88. The number of carboxylic acids is 1. The molecule has 24 heavy (non-hydrogen) atoms. The van der Waals surface area contributed by atoms with Gasteiger partial charge < -0.3 is 10.1 Å². The van der Waals surface area contributed by atoms with E-state index in [-0.39, 0.29) is 11.3 Å². The molecule has 0 spiro atoms. The van der Waals surface area contributed by atoms with Gasteiger partial charge in [-0.15, -0.1) is 0 Å². The van der Waals surface area contributed by atoms with Crippen LogP contribution in [0.15, 0.2) is 59.6 Å². The number of hydrogen-bond donors (Lipinski definition) is 2. The van der Waals surface area contributed by atoms with Gasteiger partial charge in [0.15, 0.2) is 15.1 Å². The quantitative estimate of drug-likeness (QED) is 0.745. The third kappa shape index (κ3) is 2.92. The molecular weight excluding hydrogens is 326 g/mol. The summed E-state index contributed by atoms with van der Waals surface area (Å²) < 4.78 is 25.5. The Morgan fingerprint density at radius 3 is 2.46 bits per heavy atom. The normalized spacial score (nSPS) is 13.0. The van der Waals surface area contributed by atoms with Gasteiger partial charge in [0.25, 0.3) is 0 Å². The maximum absolute atomic E-state index is 12.8. The average molecular weight is 343 g/mol. The van der Waals surface area contributed by atoms with Crippen molar-refractivity contribution in [3.8, 4) is 0 Å². The molecule has 6 heteroatoms. The minimum Gasteiger partial charge on any atom is -0.480 e. The Labute approximate surface area is 139 Å². The van der Waals surface area contributed by atoms with E-state index < -0.39 is 21.1 Å². The van der Waals surface area contributed by atoms with Crippen LogP contribution in [-0.2, 0) is 21.1 Å². The molecule has 0 radical (unpaired) electrons. The maximum Gasteiger partial charge on any atom is 0.322 e. The number of aryl methyl sites for hydroxylation is 1. The summed E-state index contributed by atoms with van der Waals surface area (Å²) in [4.78, 5) is 14.7. The van der Waals surface area contributed by atoms with Crippen molar-refractivity contribution in [1.29, 1.82) is 0 Å². The van der Waals surface area contributed by atoms with Gasteiger partial charge in [-0.1, -0.05) is 35.9 Å². The van der Waals surface area contributed by atoms with Gasteiger partial charge in [-0.25, -0.2) is 8.42 Å². The van der Waals surface area contributed by atoms with E-state index in [1.54, 1.807) is 18.3 Å². The molecule has 0 saturated heterocycles. The second kappa shape index (κ2) is 6.13. The molecule has 1 heterocycles. The van der Waals surface area contributed by atoms with Crippen LogP contribution in [0.25, 0.3) is 10.9 Å². The van der Waals surface area contributed by atoms with Crippen molar-refractivity contribution < 1.29 is 18.3 Å². The molecule has 2 N–H and O–H groups in total. The lowest BCUT2D eigenvalue weighted by atomic mass is 10.1. The average Bonchev–Trinajstić information content (AvgIpc) is 2.95. The van der Waals surface area contributed by atoms with E-state index in [0.29, 0.717) is 5.56 Å². The van der Waals surface area contributed by atoms with Gasteiger partial charge in [0.1, 0.15) is 0 Å². The minimum absolute atomic E-state index is 0.0281. The molecule has 1 atom stereocenters. The van der Waals surface area contributed by atoms with E-state index in [9.17, 15) is 18.3 Å². The monoisotopic (exact) mass is 343 g/mol. The first-order valence-electron chi connectivity index (χ1n) is 7.48. The summed E-state index contributed by atoms with van der Waals surface area (Å²) in [7, 11) is -3.98. The molecule has 0 fully saturated rings. The molecule has 5 nitrogen and oxygen atoms in total. The lowest BCUT2D eigenvalue weighted by Crippen LogP contribution is -2.32. The zero-order valence-electron chi connectivity index (χ0n) is 13.1. The number of para-hydroxylation sites is 1. The molecule has 2 aromatic carbocycles. The summed E-state index contributed by atoms with van der Waals surface area (Å²) in [6, 6.07) is 13.6. The highest BCUT2D eigenvalue weighted by molar-refractivity contribution is 7.92. The number of hydrogen-bond acceptors (Lipinski definition) is 3. The number of aromatic amines is 1. The fourth-order valence-corrected chi connectivity index (χ4v) is 4.23. The molecule has 1 aromatic heterocycles. The van der Waals surface area contributed by atoms with Crippen LogP contribution in [-0.4, -0.2) is 29.7 Å². The second-order valence-electron chi connectivity index (χ2n) is 5.75. The summed E-state index contributed by atoms with van der Waals surface area (Å²) in [6.45, 7) is 1.84. The Hall–Kier alpha value is -2.60. The Bertz CT molecular complexity index is 987. The predicted molar refractivity (Wildman–Crippen MR) is 91.8 cm³/mol. The molecule has 3 rings (SSSR count). The van der Waals surface area contributed by atoms with E-state index >= 15 is 0 Å². The van der Waals surface area contributed by atoms with E-state index in [0.717, 1.165) is 16.5 Å². The molecule has 0 aliphatic rings. The summed E-state index contributed by atoms with van der Waals surface area (Å²) in [5.41, 5.74) is 2.44. The number of carbonyl (C=O) groups is 1. The number of rotatable bonds is 5. The highest BCUT2D eigenvalue weighted by Gasteiger charge is 2.34. The van der Waals surface area contributed by atoms with Gasteiger partial charge in [-0.3, -0.25) is 4.79 Å². The van der Waals surface area contributed by atoms with Crippen LogP contribution >= 0.6 is 0 Å². The van der Waals surface area contributed by atoms with Gasteiger partial charge in [0.05, 0.1) is 4.90 Å². The van der Waals surface area contributed by atoms with Crippen LogP contribution in [0.5, 0.6) is 0 Å². The zero-order valence-corrected chi connectivity index (χ0v) is 13.9. The Balaban J connectivity index is 2.01. The van der Waals surface area contributed by atoms with Crippen LogP contribution in [0.2, 0.25) is 0 Å². The van der Waals surface area contributed by atoms with Gasteiger partial charge in [0, 0.05) is 23.5 Å². The maximum atomic E-state index is 12.8. The Morgan fingerprint density at radius 2 is 1.79 bits per heavy atom. The highest BCUT2D eigenvalue weighted by Crippen LogP contribution is 2.24. The fourth-order valence-electron chi connectivity index (χ4n) is 2.72. The molecule has 0 aliphatic carbocycles. The summed E-state index contributed by atoms with van der Waals surface area (Å²) in [5, 5.41) is 8.81. The van der Waals surface area contributed by atoms with Crippen LogP contribution < -0.4 is 0 Å². The number of aliphatic carboxylic acids is 1. The molecule has 3 aromatic rings. The number of H-pyrrole nitrogens is 1. The molecule has 124 valence electrons. The fraction of sp³-hybridized carbons (Fsp3) is 0.167. The zero-order chi connectivity index (χ0) is 17.3. The topological polar surface area (TPSA) is 87.2 Å². The first-order chi connectivity index (χ1) is 11.4. The predicted octanol–water partition coefficient (Wildman–Crippen LogP) is 2.95. The van der Waals surface area contributed by atoms with E-state index in [2.05, 4.69) is 4.98 Å². The molecule has 0 aliphatic heterocycles. The third-order valence-corrected chi connectivity index (χ3v) is 6.13. The molecular formula is C18H17NO4S. The Kier molecular flexibility index (Phi) is 4.15. The summed E-state index contributed by atoms with van der Waals surface area (Å²) in [6.07, 6.45) is 1.58. The minimum atomic E-state index is -3.98. The molecule has 0 bridgehead atoms. The first-order valence-corrected chi connectivity index (χ1v) is 9.02. The SMILES string of the molecule is Cc1ccc(S(=O)(=O)C(Cc2c[nH]c3ccccc23)C(=O)O)cc1. The number of aromatic nitrogens is 1. The number of nitrogens with one attached hydrogen (secondary N) is 1. The standard InChI is InChI=1S/C18H17NO4S/c1-12-6-8-14(9-7-12)24(22,23)17(18(20)21)10-13-11-19-16-5-3-2-4-15(13)16/h2-9,11,17,19H,10H2,1H3,(H,20,21). The van der Waals surface area contributed by atoms with Crippen LogP contribution in [0.1, 0.15) is 11.1 Å². The van der Waals surface area contributed by atoms with Gasteiger partial charge >= 0.3 is 5.97 Å². The van der Waals surface area contributed by atoms with Crippen LogP contribution in [0.3, 0.4) is 0 Å². The smallest absolute Gasteiger partial charge is 0.322 e. The largest absolute Gasteiger partial charge is 0.480 e. The van der Waals surface area contributed by atoms with Crippen molar-refractivity contribution in [3.63, 3.8) is 0 Å². The highest BCUT2D eigenvalue weighted by atomic mass is 32.2. The van der Waals surface area contributed by atoms with Crippen molar-refractivity contribution in [2.75, 3.05) is 0 Å². The van der Waals surface area contributed by atoms with E-state index in [4.69, 9.17) is 0 Å². The first kappa shape index (κ1) is 16.3. The number of fused-ring (bicyclic) bond motifs is 1. The number of benzene rings is 2. The van der Waals surface area contributed by atoms with Crippen molar-refractivity contribution in [2.24, 2.45) is 0 Å². The van der Waals surface area contributed by atoms with E-state index in [1.807, 2.05) is 31.2 Å². The number of carboxylic acid groups (broad SMARTS) is 1. The van der Waals surface area contributed by atoms with Crippen molar-refractivity contribution in [1.82, 2.24) is 4.98 Å². The third-order valence-electron chi connectivity index (χ3n) is 4.08. The molecule has 0 saturated carbocycles. The van der Waals surface area contributed by atoms with Crippen LogP contribution in [0.4, 0.5) is 0 Å². The van der Waals surface area contributed by atoms with Gasteiger partial charge in [0.2, 0.25) is 0 Å². The van der Waals surface area contributed by atoms with Crippen LogP contribution in [0, 0.1) is 6.92 Å². The van der Waals surface area contributed by atoms with Gasteiger partial charge in [-0.2, -0.15) is 0 Å². The van der Waals surface area contributed by atoms with E-state index in [1.165, 1.54) is 12.1 Å². The lowest BCUT2D eigenvalue weighted by molar-refractivity contribution is -0.136. The number of sulfone groups is 1.